The Bertz CT molecular complexity index is 96.6. The van der Waals surface area contributed by atoms with Gasteiger partial charge < -0.3 is 10.5 Å². The molecule has 1 fully saturated rings. The third-order valence-corrected chi connectivity index (χ3v) is 1.28. The average Bonchev–Trinajstić information content (AvgIpc) is 2.12. The molecule has 3 N–H and O–H groups in total. The van der Waals surface area contributed by atoms with Crippen LogP contribution in [0.25, 0.3) is 0 Å². The highest BCUT2D eigenvalue weighted by atomic mass is 16.5. The normalized spacial score (nSPS) is 28.2. The minimum absolute atomic E-state index is 0.0741. The second-order valence-corrected chi connectivity index (χ2v) is 1.96. The van der Waals surface area contributed by atoms with E-state index in [9.17, 15) is 0 Å². The molecule has 3 nitrogen and oxygen atoms in total. The van der Waals surface area contributed by atoms with Crippen LogP contribution >= 0.6 is 0 Å². The summed E-state index contributed by atoms with van der Waals surface area (Å²) in [7, 11) is 0. The maximum atomic E-state index is 6.94. The first-order valence-corrected chi connectivity index (χ1v) is 2.76. The highest BCUT2D eigenvalue weighted by molar-refractivity contribution is 5.81. The van der Waals surface area contributed by atoms with E-state index in [1.54, 1.807) is 0 Å². The van der Waals surface area contributed by atoms with E-state index >= 15 is 0 Å². The molecular formula is C5H10N2O. The zero-order valence-electron chi connectivity index (χ0n) is 4.68. The second-order valence-electron chi connectivity index (χ2n) is 1.96. The molecule has 0 aromatic heterocycles. The minimum Gasteiger partial charge on any atom is -0.385 e. The summed E-state index contributed by atoms with van der Waals surface area (Å²) < 4.78 is 5.06. The number of nitrogens with two attached hydrogens (primary N) is 1. The molecule has 1 aliphatic rings. The lowest BCUT2D eigenvalue weighted by Gasteiger charge is -2.03. The van der Waals surface area contributed by atoms with E-state index in [1.165, 1.54) is 0 Å². The van der Waals surface area contributed by atoms with Crippen LogP contribution in [0.2, 0.25) is 0 Å². The summed E-state index contributed by atoms with van der Waals surface area (Å²) in [5.74, 6) is 0.169. The molecule has 0 aliphatic carbocycles. The monoisotopic (exact) mass is 114 g/mol. The predicted octanol–water partition coefficient (Wildman–Crippen LogP) is 0.101. The number of hydrogen-bond donors (Lipinski definition) is 2. The van der Waals surface area contributed by atoms with Crippen molar-refractivity contribution in [3.8, 4) is 0 Å². The third kappa shape index (κ3) is 0.980. The molecule has 1 atom stereocenters. The second kappa shape index (κ2) is 2.13. The maximum absolute atomic E-state index is 6.94. The largest absolute Gasteiger partial charge is 0.385 e. The van der Waals surface area contributed by atoms with E-state index in [0.717, 1.165) is 19.4 Å². The summed E-state index contributed by atoms with van der Waals surface area (Å²) in [6, 6.07) is 0. The zero-order valence-corrected chi connectivity index (χ0v) is 4.68. The van der Waals surface area contributed by atoms with E-state index in [2.05, 4.69) is 0 Å². The lowest BCUT2D eigenvalue weighted by molar-refractivity contribution is 0.157. The molecule has 1 aliphatic heterocycles. The summed E-state index contributed by atoms with van der Waals surface area (Å²) >= 11 is 0. The van der Waals surface area contributed by atoms with Crippen molar-refractivity contribution in [1.29, 1.82) is 5.41 Å². The Labute approximate surface area is 48.3 Å². The summed E-state index contributed by atoms with van der Waals surface area (Å²) in [5.41, 5.74) is 5.16. The van der Waals surface area contributed by atoms with Gasteiger partial charge >= 0.3 is 0 Å². The van der Waals surface area contributed by atoms with E-state index in [0.29, 0.717) is 0 Å². The SMILES string of the molecule is N=C(N)[C@@H]1CCCO1. The quantitative estimate of drug-likeness (QED) is 0.375. The molecule has 0 aromatic rings. The van der Waals surface area contributed by atoms with Gasteiger partial charge in [0.1, 0.15) is 11.9 Å². The van der Waals surface area contributed by atoms with Crippen LogP contribution in [0.5, 0.6) is 0 Å². The molecule has 0 unspecified atom stereocenters. The molecule has 0 radical (unpaired) electrons. The lowest BCUT2D eigenvalue weighted by atomic mass is 10.2. The lowest BCUT2D eigenvalue weighted by Crippen LogP contribution is -2.26. The molecule has 8 heavy (non-hydrogen) atoms. The van der Waals surface area contributed by atoms with Crippen LogP contribution in [0.1, 0.15) is 12.8 Å². The number of amidine groups is 1. The van der Waals surface area contributed by atoms with Crippen molar-refractivity contribution in [2.45, 2.75) is 18.9 Å². The van der Waals surface area contributed by atoms with Crippen molar-refractivity contribution >= 4 is 5.84 Å². The van der Waals surface area contributed by atoms with Crippen molar-refractivity contribution in [3.05, 3.63) is 0 Å². The Morgan fingerprint density at radius 3 is 2.75 bits per heavy atom. The van der Waals surface area contributed by atoms with Crippen molar-refractivity contribution in [1.82, 2.24) is 0 Å². The van der Waals surface area contributed by atoms with E-state index in [4.69, 9.17) is 15.9 Å². The van der Waals surface area contributed by atoms with Crippen molar-refractivity contribution < 1.29 is 4.74 Å². The summed E-state index contributed by atoms with van der Waals surface area (Å²) in [6.07, 6.45) is 1.90. The Morgan fingerprint density at radius 2 is 2.50 bits per heavy atom. The number of ether oxygens (including phenoxy) is 1. The van der Waals surface area contributed by atoms with Crippen molar-refractivity contribution in [2.75, 3.05) is 6.61 Å². The van der Waals surface area contributed by atoms with Gasteiger partial charge in [0.25, 0.3) is 0 Å². The molecule has 0 bridgehead atoms. The molecule has 0 spiro atoms. The van der Waals surface area contributed by atoms with Gasteiger partial charge in [-0.2, -0.15) is 0 Å². The summed E-state index contributed by atoms with van der Waals surface area (Å²) in [5, 5.41) is 6.94. The molecule has 1 saturated heterocycles. The van der Waals surface area contributed by atoms with Crippen LogP contribution in [0.15, 0.2) is 0 Å². The van der Waals surface area contributed by atoms with Crippen LogP contribution < -0.4 is 5.73 Å². The van der Waals surface area contributed by atoms with Gasteiger partial charge in [-0.25, -0.2) is 0 Å². The topological polar surface area (TPSA) is 59.1 Å². The fraction of sp³-hybridized carbons (Fsp3) is 0.800. The summed E-state index contributed by atoms with van der Waals surface area (Å²) in [6.45, 7) is 0.768. The number of hydrogen-bond acceptors (Lipinski definition) is 2. The first-order chi connectivity index (χ1) is 3.80. The van der Waals surface area contributed by atoms with Crippen molar-refractivity contribution in [3.63, 3.8) is 0 Å². The van der Waals surface area contributed by atoms with Crippen LogP contribution in [0.4, 0.5) is 0 Å². The molecule has 0 saturated carbocycles. The molecule has 1 rings (SSSR count). The van der Waals surface area contributed by atoms with Crippen LogP contribution in [-0.4, -0.2) is 18.5 Å². The van der Waals surface area contributed by atoms with Gasteiger partial charge in [0.2, 0.25) is 0 Å². The van der Waals surface area contributed by atoms with E-state index < -0.39 is 0 Å². The molecule has 46 valence electrons. The Kier molecular flexibility index (Phi) is 1.48. The van der Waals surface area contributed by atoms with Crippen LogP contribution in [-0.2, 0) is 4.74 Å². The van der Waals surface area contributed by atoms with Gasteiger partial charge in [0.15, 0.2) is 0 Å². The van der Waals surface area contributed by atoms with Gasteiger partial charge in [-0.05, 0) is 12.8 Å². The average molecular weight is 114 g/mol. The fourth-order valence-corrected chi connectivity index (χ4v) is 0.823. The Morgan fingerprint density at radius 1 is 1.75 bits per heavy atom. The summed E-state index contributed by atoms with van der Waals surface area (Å²) in [4.78, 5) is 0. The maximum Gasteiger partial charge on any atom is 0.120 e. The molecule has 0 amide bonds. The first-order valence-electron chi connectivity index (χ1n) is 2.76. The van der Waals surface area contributed by atoms with Gasteiger partial charge in [0.05, 0.1) is 0 Å². The van der Waals surface area contributed by atoms with Gasteiger partial charge in [-0.3, -0.25) is 5.41 Å². The third-order valence-electron chi connectivity index (χ3n) is 1.28. The Hall–Kier alpha value is -0.570. The zero-order chi connectivity index (χ0) is 5.98. The highest BCUT2D eigenvalue weighted by Gasteiger charge is 2.17. The highest BCUT2D eigenvalue weighted by Crippen LogP contribution is 2.10. The molecule has 0 aromatic carbocycles. The fourth-order valence-electron chi connectivity index (χ4n) is 0.823. The first kappa shape index (κ1) is 5.56. The predicted molar refractivity (Wildman–Crippen MR) is 30.9 cm³/mol. The van der Waals surface area contributed by atoms with Gasteiger partial charge in [-0.1, -0.05) is 0 Å². The number of nitrogens with one attached hydrogen (secondary N) is 1. The van der Waals surface area contributed by atoms with Crippen LogP contribution in [0, 0.1) is 5.41 Å². The van der Waals surface area contributed by atoms with Crippen molar-refractivity contribution in [2.24, 2.45) is 5.73 Å². The van der Waals surface area contributed by atoms with Crippen LogP contribution in [0.3, 0.4) is 0 Å². The standard InChI is InChI=1S/C5H10N2O/c6-5(7)4-2-1-3-8-4/h4H,1-3H2,(H3,6,7)/t4-/m0/s1. The smallest absolute Gasteiger partial charge is 0.120 e. The van der Waals surface area contributed by atoms with E-state index in [-0.39, 0.29) is 11.9 Å². The molecule has 3 heteroatoms. The molecular weight excluding hydrogens is 104 g/mol. The van der Waals surface area contributed by atoms with Gasteiger partial charge in [-0.15, -0.1) is 0 Å². The number of rotatable bonds is 1. The Balaban J connectivity index is 2.35. The molecule has 1 heterocycles. The van der Waals surface area contributed by atoms with E-state index in [1.807, 2.05) is 0 Å². The van der Waals surface area contributed by atoms with Gasteiger partial charge in [0, 0.05) is 6.61 Å². The minimum atomic E-state index is -0.0741.